The predicted octanol–water partition coefficient (Wildman–Crippen LogP) is 3.00. The third-order valence-electron chi connectivity index (χ3n) is 3.24. The maximum absolute atomic E-state index is 12.1. The molecule has 1 amide bonds. The van der Waals surface area contributed by atoms with E-state index in [0.717, 1.165) is 11.3 Å². The SMILES string of the molecule is CC(=O)OC(C)OC(=O)NC(Cc1ccccn1)c1ccccc1. The van der Waals surface area contributed by atoms with Gasteiger partial charge >= 0.3 is 12.1 Å². The number of esters is 1. The van der Waals surface area contributed by atoms with Crippen molar-refractivity contribution in [3.8, 4) is 0 Å². The van der Waals surface area contributed by atoms with Gasteiger partial charge in [0, 0.05) is 32.2 Å². The van der Waals surface area contributed by atoms with Crippen molar-refractivity contribution in [2.45, 2.75) is 32.6 Å². The number of carbonyl (C=O) groups excluding carboxylic acids is 2. The summed E-state index contributed by atoms with van der Waals surface area (Å²) >= 11 is 0. The van der Waals surface area contributed by atoms with Gasteiger partial charge in [0.2, 0.25) is 6.29 Å². The van der Waals surface area contributed by atoms with Crippen LogP contribution in [0, 0.1) is 0 Å². The van der Waals surface area contributed by atoms with Crippen LogP contribution in [0.5, 0.6) is 0 Å². The predicted molar refractivity (Wildman–Crippen MR) is 88.0 cm³/mol. The molecule has 6 nitrogen and oxygen atoms in total. The van der Waals surface area contributed by atoms with Crippen LogP contribution in [-0.4, -0.2) is 23.3 Å². The molecule has 0 fully saturated rings. The van der Waals surface area contributed by atoms with E-state index in [1.54, 1.807) is 6.20 Å². The van der Waals surface area contributed by atoms with Gasteiger partial charge in [-0.3, -0.25) is 9.78 Å². The monoisotopic (exact) mass is 328 g/mol. The number of pyridine rings is 1. The molecule has 0 radical (unpaired) electrons. The summed E-state index contributed by atoms with van der Waals surface area (Å²) in [5.41, 5.74) is 1.78. The highest BCUT2D eigenvalue weighted by Crippen LogP contribution is 2.17. The van der Waals surface area contributed by atoms with E-state index < -0.39 is 18.4 Å². The summed E-state index contributed by atoms with van der Waals surface area (Å²) in [5, 5.41) is 2.79. The average molecular weight is 328 g/mol. The Balaban J connectivity index is 2.06. The van der Waals surface area contributed by atoms with Crippen molar-refractivity contribution in [3.63, 3.8) is 0 Å². The van der Waals surface area contributed by atoms with Gasteiger partial charge in [-0.1, -0.05) is 36.4 Å². The molecule has 2 aromatic rings. The van der Waals surface area contributed by atoms with E-state index in [2.05, 4.69) is 10.3 Å². The topological polar surface area (TPSA) is 77.5 Å². The Hall–Kier alpha value is -2.89. The van der Waals surface area contributed by atoms with Crippen LogP contribution in [0.3, 0.4) is 0 Å². The van der Waals surface area contributed by atoms with Gasteiger partial charge < -0.3 is 14.8 Å². The number of alkyl carbamates (subject to hydrolysis) is 1. The molecule has 2 atom stereocenters. The number of hydrogen-bond donors (Lipinski definition) is 1. The molecule has 6 heteroatoms. The molecular formula is C18H20N2O4. The number of rotatable bonds is 6. The highest BCUT2D eigenvalue weighted by atomic mass is 16.7. The Morgan fingerprint density at radius 1 is 1.08 bits per heavy atom. The molecule has 0 spiro atoms. The fourth-order valence-corrected chi connectivity index (χ4v) is 2.25. The van der Waals surface area contributed by atoms with Crippen LogP contribution < -0.4 is 5.32 Å². The van der Waals surface area contributed by atoms with Crippen molar-refractivity contribution < 1.29 is 19.1 Å². The van der Waals surface area contributed by atoms with Crippen molar-refractivity contribution in [2.24, 2.45) is 0 Å². The lowest BCUT2D eigenvalue weighted by Crippen LogP contribution is -2.34. The summed E-state index contributed by atoms with van der Waals surface area (Å²) in [6.45, 7) is 2.74. The first-order valence-electron chi connectivity index (χ1n) is 7.64. The van der Waals surface area contributed by atoms with E-state index in [0.29, 0.717) is 6.42 Å². The standard InChI is InChI=1S/C18H20N2O4/c1-13(21)23-14(2)24-18(22)20-17(15-8-4-3-5-9-15)12-16-10-6-7-11-19-16/h3-11,14,17H,12H2,1-2H3,(H,20,22). The highest BCUT2D eigenvalue weighted by molar-refractivity contribution is 5.69. The lowest BCUT2D eigenvalue weighted by atomic mass is 10.0. The molecular weight excluding hydrogens is 308 g/mol. The van der Waals surface area contributed by atoms with Gasteiger partial charge in [-0.05, 0) is 17.7 Å². The van der Waals surface area contributed by atoms with Crippen molar-refractivity contribution >= 4 is 12.1 Å². The zero-order chi connectivity index (χ0) is 17.4. The average Bonchev–Trinajstić information content (AvgIpc) is 2.55. The molecule has 1 aromatic heterocycles. The molecule has 0 aliphatic rings. The quantitative estimate of drug-likeness (QED) is 0.651. The maximum atomic E-state index is 12.1. The lowest BCUT2D eigenvalue weighted by molar-refractivity contribution is -0.162. The van der Waals surface area contributed by atoms with Gasteiger partial charge in [0.05, 0.1) is 6.04 Å². The Morgan fingerprint density at radius 2 is 1.79 bits per heavy atom. The minimum Gasteiger partial charge on any atom is -0.426 e. The number of benzene rings is 1. The molecule has 0 saturated carbocycles. The van der Waals surface area contributed by atoms with Gasteiger partial charge in [-0.2, -0.15) is 0 Å². The van der Waals surface area contributed by atoms with E-state index in [1.807, 2.05) is 48.5 Å². The first-order valence-corrected chi connectivity index (χ1v) is 7.64. The number of ether oxygens (including phenoxy) is 2. The van der Waals surface area contributed by atoms with Crippen molar-refractivity contribution in [2.75, 3.05) is 0 Å². The summed E-state index contributed by atoms with van der Waals surface area (Å²) in [4.78, 5) is 27.2. The fraction of sp³-hybridized carbons (Fsp3) is 0.278. The van der Waals surface area contributed by atoms with Gasteiger partial charge in [-0.15, -0.1) is 0 Å². The highest BCUT2D eigenvalue weighted by Gasteiger charge is 2.19. The summed E-state index contributed by atoms with van der Waals surface area (Å²) in [6, 6.07) is 14.9. The molecule has 24 heavy (non-hydrogen) atoms. The second-order valence-electron chi connectivity index (χ2n) is 5.22. The fourth-order valence-electron chi connectivity index (χ4n) is 2.25. The molecule has 1 N–H and O–H groups in total. The van der Waals surface area contributed by atoms with E-state index >= 15 is 0 Å². The Bertz CT molecular complexity index is 661. The molecule has 1 aromatic carbocycles. The van der Waals surface area contributed by atoms with Crippen LogP contribution in [0.1, 0.15) is 31.1 Å². The van der Waals surface area contributed by atoms with E-state index in [1.165, 1.54) is 13.8 Å². The van der Waals surface area contributed by atoms with E-state index in [4.69, 9.17) is 9.47 Å². The van der Waals surface area contributed by atoms with E-state index in [9.17, 15) is 9.59 Å². The smallest absolute Gasteiger partial charge is 0.410 e. The Morgan fingerprint density at radius 3 is 2.42 bits per heavy atom. The maximum Gasteiger partial charge on any atom is 0.410 e. The van der Waals surface area contributed by atoms with Gasteiger partial charge in [0.1, 0.15) is 0 Å². The lowest BCUT2D eigenvalue weighted by Gasteiger charge is -2.20. The zero-order valence-corrected chi connectivity index (χ0v) is 13.6. The Labute approximate surface area is 140 Å². The van der Waals surface area contributed by atoms with Crippen molar-refractivity contribution in [1.29, 1.82) is 0 Å². The Kier molecular flexibility index (Phi) is 6.31. The number of amides is 1. The van der Waals surface area contributed by atoms with Crippen LogP contribution in [0.2, 0.25) is 0 Å². The van der Waals surface area contributed by atoms with Crippen LogP contribution in [-0.2, 0) is 20.7 Å². The molecule has 0 aliphatic carbocycles. The summed E-state index contributed by atoms with van der Waals surface area (Å²) in [5.74, 6) is -0.511. The number of hydrogen-bond acceptors (Lipinski definition) is 5. The van der Waals surface area contributed by atoms with Crippen molar-refractivity contribution in [1.82, 2.24) is 10.3 Å². The second kappa shape index (κ2) is 8.67. The zero-order valence-electron chi connectivity index (χ0n) is 13.6. The minimum absolute atomic E-state index is 0.307. The molecule has 2 unspecified atom stereocenters. The number of nitrogens with zero attached hydrogens (tertiary/aromatic N) is 1. The second-order valence-corrected chi connectivity index (χ2v) is 5.22. The largest absolute Gasteiger partial charge is 0.426 e. The van der Waals surface area contributed by atoms with Gasteiger partial charge in [-0.25, -0.2) is 4.79 Å². The van der Waals surface area contributed by atoms with Crippen molar-refractivity contribution in [3.05, 3.63) is 66.0 Å². The molecule has 1 heterocycles. The van der Waals surface area contributed by atoms with Crippen LogP contribution in [0.15, 0.2) is 54.7 Å². The third kappa shape index (κ3) is 5.72. The summed E-state index contributed by atoms with van der Waals surface area (Å²) in [7, 11) is 0. The molecule has 0 bridgehead atoms. The minimum atomic E-state index is -0.950. The number of nitrogens with one attached hydrogen (secondary N) is 1. The number of carbonyl (C=O) groups is 2. The normalized spacial score (nSPS) is 12.8. The molecule has 2 rings (SSSR count). The van der Waals surface area contributed by atoms with Gasteiger partial charge in [0.25, 0.3) is 0 Å². The molecule has 0 aliphatic heterocycles. The van der Waals surface area contributed by atoms with Crippen LogP contribution >= 0.6 is 0 Å². The van der Waals surface area contributed by atoms with Crippen LogP contribution in [0.25, 0.3) is 0 Å². The summed E-state index contributed by atoms with van der Waals surface area (Å²) in [6.07, 6.45) is 0.614. The van der Waals surface area contributed by atoms with Gasteiger partial charge in [0.15, 0.2) is 0 Å². The first-order chi connectivity index (χ1) is 11.5. The molecule has 0 saturated heterocycles. The first kappa shape index (κ1) is 17.5. The van der Waals surface area contributed by atoms with E-state index in [-0.39, 0.29) is 6.04 Å². The summed E-state index contributed by atoms with van der Waals surface area (Å²) < 4.78 is 9.83. The number of aromatic nitrogens is 1. The van der Waals surface area contributed by atoms with Crippen LogP contribution in [0.4, 0.5) is 4.79 Å². The molecule has 126 valence electrons. The third-order valence-corrected chi connectivity index (χ3v) is 3.24.